The Labute approximate surface area is 171 Å². The molecule has 1 aliphatic heterocycles. The van der Waals surface area contributed by atoms with E-state index < -0.39 is 9.84 Å². The highest BCUT2D eigenvalue weighted by Crippen LogP contribution is 2.21. The van der Waals surface area contributed by atoms with E-state index in [9.17, 15) is 13.2 Å². The van der Waals surface area contributed by atoms with Crippen molar-refractivity contribution in [2.24, 2.45) is 0 Å². The molecule has 0 radical (unpaired) electrons. The standard InChI is InChI=1S/C21H25ClN2O3S/c1-16(19-9-5-6-10-20(19)22)23-13-21(25)24(14-17-7-3-2-4-8-17)18-11-12-28(26,27)15-18/h2-10,16,18,23H,11-15H2,1H3/p+1/t16-,18+/m0/s1. The molecule has 0 saturated carbocycles. The third-order valence-corrected chi connectivity index (χ3v) is 7.30. The molecule has 1 fully saturated rings. The van der Waals surface area contributed by atoms with Crippen molar-refractivity contribution < 1.29 is 18.5 Å². The number of carbonyl (C=O) groups is 1. The van der Waals surface area contributed by atoms with Crippen molar-refractivity contribution in [3.05, 3.63) is 70.7 Å². The first kappa shape index (κ1) is 20.8. The van der Waals surface area contributed by atoms with Crippen molar-refractivity contribution in [3.63, 3.8) is 0 Å². The Morgan fingerprint density at radius 1 is 1.18 bits per heavy atom. The van der Waals surface area contributed by atoms with Gasteiger partial charge >= 0.3 is 0 Å². The third-order valence-electron chi connectivity index (χ3n) is 5.21. The fourth-order valence-corrected chi connectivity index (χ4v) is 5.63. The maximum absolute atomic E-state index is 13.0. The lowest BCUT2D eigenvalue weighted by molar-refractivity contribution is -0.683. The summed E-state index contributed by atoms with van der Waals surface area (Å²) < 4.78 is 23.9. The van der Waals surface area contributed by atoms with Gasteiger partial charge < -0.3 is 10.2 Å². The van der Waals surface area contributed by atoms with Gasteiger partial charge in [-0.2, -0.15) is 0 Å². The van der Waals surface area contributed by atoms with Gasteiger partial charge in [0.1, 0.15) is 6.04 Å². The summed E-state index contributed by atoms with van der Waals surface area (Å²) in [6.07, 6.45) is 0.501. The summed E-state index contributed by atoms with van der Waals surface area (Å²) >= 11 is 6.26. The largest absolute Gasteiger partial charge is 0.332 e. The first-order valence-electron chi connectivity index (χ1n) is 9.47. The van der Waals surface area contributed by atoms with Crippen LogP contribution in [-0.4, -0.2) is 43.3 Å². The van der Waals surface area contributed by atoms with Crippen LogP contribution in [0, 0.1) is 0 Å². The summed E-state index contributed by atoms with van der Waals surface area (Å²) in [5.41, 5.74) is 1.98. The Bertz CT molecular complexity index is 918. The van der Waals surface area contributed by atoms with Crippen LogP contribution in [0.3, 0.4) is 0 Å². The molecule has 2 atom stereocenters. The molecule has 5 nitrogen and oxygen atoms in total. The van der Waals surface area contributed by atoms with E-state index in [0.717, 1.165) is 11.1 Å². The number of quaternary nitrogens is 1. The molecule has 2 aromatic rings. The van der Waals surface area contributed by atoms with E-state index in [4.69, 9.17) is 11.6 Å². The summed E-state index contributed by atoms with van der Waals surface area (Å²) in [6, 6.07) is 17.1. The Morgan fingerprint density at radius 2 is 1.86 bits per heavy atom. The fraction of sp³-hybridized carbons (Fsp3) is 0.381. The maximum Gasteiger partial charge on any atom is 0.278 e. The number of halogens is 1. The number of nitrogens with two attached hydrogens (primary N) is 1. The number of rotatable bonds is 7. The quantitative estimate of drug-likeness (QED) is 0.744. The molecule has 28 heavy (non-hydrogen) atoms. The zero-order valence-electron chi connectivity index (χ0n) is 15.9. The molecule has 0 spiro atoms. The second-order valence-electron chi connectivity index (χ2n) is 7.31. The van der Waals surface area contributed by atoms with Gasteiger partial charge in [-0.15, -0.1) is 0 Å². The fourth-order valence-electron chi connectivity index (χ4n) is 3.59. The monoisotopic (exact) mass is 421 g/mol. The first-order chi connectivity index (χ1) is 13.4. The lowest BCUT2D eigenvalue weighted by atomic mass is 10.1. The summed E-state index contributed by atoms with van der Waals surface area (Å²) in [6.45, 7) is 2.68. The second kappa shape index (κ2) is 9.07. The molecule has 150 valence electrons. The van der Waals surface area contributed by atoms with Gasteiger partial charge in [-0.05, 0) is 25.0 Å². The van der Waals surface area contributed by atoms with Gasteiger partial charge in [0.05, 0.1) is 11.5 Å². The third kappa shape index (κ3) is 5.34. The van der Waals surface area contributed by atoms with E-state index in [1.54, 1.807) is 4.90 Å². The number of sulfone groups is 1. The van der Waals surface area contributed by atoms with Crippen LogP contribution in [0.15, 0.2) is 54.6 Å². The van der Waals surface area contributed by atoms with E-state index in [1.165, 1.54) is 0 Å². The van der Waals surface area contributed by atoms with Gasteiger partial charge in [0.15, 0.2) is 16.4 Å². The number of hydrogen-bond acceptors (Lipinski definition) is 3. The molecule has 1 heterocycles. The molecule has 1 saturated heterocycles. The zero-order chi connectivity index (χ0) is 20.1. The Hall–Kier alpha value is -1.89. The number of nitrogens with zero attached hydrogens (tertiary/aromatic N) is 1. The SMILES string of the molecule is C[C@H]([NH2+]CC(=O)N(Cc1ccccc1)[C@@H]1CCS(=O)(=O)C1)c1ccccc1Cl. The molecule has 2 aromatic carbocycles. The Morgan fingerprint density at radius 3 is 2.50 bits per heavy atom. The molecule has 0 bridgehead atoms. The number of carbonyl (C=O) groups excluding carboxylic acids is 1. The van der Waals surface area contributed by atoms with Crippen LogP contribution in [0.5, 0.6) is 0 Å². The minimum absolute atomic E-state index is 0.0311. The highest BCUT2D eigenvalue weighted by molar-refractivity contribution is 7.91. The van der Waals surface area contributed by atoms with Crippen molar-refractivity contribution in [2.45, 2.75) is 32.0 Å². The molecule has 0 aliphatic carbocycles. The van der Waals surface area contributed by atoms with E-state index in [2.05, 4.69) is 0 Å². The first-order valence-corrected chi connectivity index (χ1v) is 11.7. The van der Waals surface area contributed by atoms with E-state index in [-0.39, 0.29) is 36.0 Å². The highest BCUT2D eigenvalue weighted by atomic mass is 35.5. The van der Waals surface area contributed by atoms with Crippen LogP contribution < -0.4 is 5.32 Å². The van der Waals surface area contributed by atoms with E-state index in [1.807, 2.05) is 66.8 Å². The summed E-state index contributed by atoms with van der Waals surface area (Å²) in [7, 11) is -3.07. The molecule has 7 heteroatoms. The minimum Gasteiger partial charge on any atom is -0.332 e. The Kier molecular flexibility index (Phi) is 6.75. The average Bonchev–Trinajstić information content (AvgIpc) is 3.04. The summed E-state index contributed by atoms with van der Waals surface area (Å²) in [4.78, 5) is 14.8. The van der Waals surface area contributed by atoms with Crippen molar-refractivity contribution in [1.82, 2.24) is 4.90 Å². The smallest absolute Gasteiger partial charge is 0.278 e. The molecule has 0 unspecified atom stereocenters. The van der Waals surface area contributed by atoms with Gasteiger partial charge in [0, 0.05) is 23.2 Å². The average molecular weight is 422 g/mol. The van der Waals surface area contributed by atoms with Gasteiger partial charge in [0.2, 0.25) is 0 Å². The van der Waals surface area contributed by atoms with Crippen LogP contribution in [-0.2, 0) is 21.2 Å². The number of hydrogen-bond donors (Lipinski definition) is 1. The van der Waals surface area contributed by atoms with Gasteiger partial charge in [0.25, 0.3) is 5.91 Å². The van der Waals surface area contributed by atoms with Gasteiger partial charge in [-0.25, -0.2) is 8.42 Å². The van der Waals surface area contributed by atoms with Crippen molar-refractivity contribution in [2.75, 3.05) is 18.1 Å². The highest BCUT2D eigenvalue weighted by Gasteiger charge is 2.35. The second-order valence-corrected chi connectivity index (χ2v) is 9.95. The van der Waals surface area contributed by atoms with Crippen LogP contribution in [0.1, 0.15) is 30.5 Å². The van der Waals surface area contributed by atoms with Crippen LogP contribution in [0.25, 0.3) is 0 Å². The molecule has 0 aromatic heterocycles. The lowest BCUT2D eigenvalue weighted by Crippen LogP contribution is -2.87. The number of benzene rings is 2. The topological polar surface area (TPSA) is 71.1 Å². The van der Waals surface area contributed by atoms with Crippen LogP contribution in [0.2, 0.25) is 5.02 Å². The molecule has 3 rings (SSSR count). The van der Waals surface area contributed by atoms with Gasteiger partial charge in [-0.3, -0.25) is 4.79 Å². The normalized spacial score (nSPS) is 19.3. The lowest BCUT2D eigenvalue weighted by Gasteiger charge is -2.28. The predicted octanol–water partition coefficient (Wildman–Crippen LogP) is 2.18. The zero-order valence-corrected chi connectivity index (χ0v) is 17.5. The number of amides is 1. The van der Waals surface area contributed by atoms with Crippen molar-refractivity contribution in [3.8, 4) is 0 Å². The molecular weight excluding hydrogens is 396 g/mol. The van der Waals surface area contributed by atoms with Gasteiger partial charge in [-0.1, -0.05) is 60.1 Å². The van der Waals surface area contributed by atoms with E-state index in [0.29, 0.717) is 18.0 Å². The van der Waals surface area contributed by atoms with E-state index >= 15 is 0 Å². The predicted molar refractivity (Wildman–Crippen MR) is 111 cm³/mol. The summed E-state index contributed by atoms with van der Waals surface area (Å²) in [5, 5.41) is 2.63. The molecule has 1 aliphatic rings. The molecule has 1 amide bonds. The van der Waals surface area contributed by atoms with Crippen LogP contribution >= 0.6 is 11.6 Å². The van der Waals surface area contributed by atoms with Crippen molar-refractivity contribution in [1.29, 1.82) is 0 Å². The summed E-state index contributed by atoms with van der Waals surface area (Å²) in [5.74, 6) is 0.145. The maximum atomic E-state index is 13.0. The van der Waals surface area contributed by atoms with Crippen LogP contribution in [0.4, 0.5) is 0 Å². The molecule has 2 N–H and O–H groups in total. The minimum atomic E-state index is -3.07. The van der Waals surface area contributed by atoms with Crippen molar-refractivity contribution >= 4 is 27.3 Å². The Balaban J connectivity index is 1.70. The molecular formula is C21H26ClN2O3S+.